The number of benzene rings is 3. The lowest BCUT2D eigenvalue weighted by atomic mass is 9.85. The van der Waals surface area contributed by atoms with Crippen LogP contribution in [0.15, 0.2) is 66.7 Å². The van der Waals surface area contributed by atoms with Gasteiger partial charge in [-0.2, -0.15) is 0 Å². The summed E-state index contributed by atoms with van der Waals surface area (Å²) in [5.74, 6) is 1.94. The zero-order valence-electron chi connectivity index (χ0n) is 28.5. The van der Waals surface area contributed by atoms with E-state index in [1.54, 1.807) is 0 Å². The zero-order valence-corrected chi connectivity index (χ0v) is 28.5. The third-order valence-corrected chi connectivity index (χ3v) is 8.60. The lowest BCUT2D eigenvalue weighted by Gasteiger charge is -2.32. The van der Waals surface area contributed by atoms with Crippen LogP contribution in [0.2, 0.25) is 0 Å². The Bertz CT molecular complexity index is 1510. The summed E-state index contributed by atoms with van der Waals surface area (Å²) in [6.07, 6.45) is 4.20. The second-order valence-corrected chi connectivity index (χ2v) is 14.0. The van der Waals surface area contributed by atoms with Gasteiger partial charge in [0.2, 0.25) is 0 Å². The molecule has 246 valence electrons. The number of esters is 1. The monoisotopic (exact) mass is 627 g/mol. The summed E-state index contributed by atoms with van der Waals surface area (Å²) in [4.78, 5) is 25.4. The molecule has 0 aliphatic carbocycles. The third kappa shape index (κ3) is 8.38. The van der Waals surface area contributed by atoms with Crippen LogP contribution in [0, 0.1) is 5.41 Å². The largest absolute Gasteiger partial charge is 0.492 e. The Morgan fingerprint density at radius 2 is 1.57 bits per heavy atom. The van der Waals surface area contributed by atoms with Gasteiger partial charge in [-0.05, 0) is 120 Å². The van der Waals surface area contributed by atoms with Crippen LogP contribution in [-0.2, 0) is 21.0 Å². The van der Waals surface area contributed by atoms with E-state index in [-0.39, 0.29) is 12.1 Å². The topological polar surface area (TPSA) is 66.5 Å². The van der Waals surface area contributed by atoms with Gasteiger partial charge in [-0.3, -0.25) is 9.69 Å². The molecule has 0 N–H and O–H groups in total. The highest BCUT2D eigenvalue weighted by atomic mass is 17.2. The van der Waals surface area contributed by atoms with Crippen molar-refractivity contribution >= 4 is 17.1 Å². The van der Waals surface area contributed by atoms with Crippen molar-refractivity contribution in [2.45, 2.75) is 78.9 Å². The quantitative estimate of drug-likeness (QED) is 0.0914. The van der Waals surface area contributed by atoms with Crippen molar-refractivity contribution in [2.24, 2.45) is 5.41 Å². The van der Waals surface area contributed by atoms with Gasteiger partial charge in [0.05, 0.1) is 12.5 Å². The predicted molar refractivity (Wildman–Crippen MR) is 182 cm³/mol. The first kappa shape index (κ1) is 33.7. The van der Waals surface area contributed by atoms with Gasteiger partial charge in [-0.25, -0.2) is 9.78 Å². The Hall–Kier alpha value is -3.65. The number of allylic oxidation sites excluding steroid dienone is 1. The molecule has 7 nitrogen and oxygen atoms in total. The van der Waals surface area contributed by atoms with E-state index in [4.69, 9.17) is 24.0 Å². The molecule has 0 spiro atoms. The van der Waals surface area contributed by atoms with Gasteiger partial charge < -0.3 is 14.2 Å². The highest BCUT2D eigenvalue weighted by Gasteiger charge is 2.31. The fraction of sp³-hybridized carbons (Fsp3) is 0.462. The number of carbonyl (C=O) groups is 1. The average molecular weight is 628 g/mol. The van der Waals surface area contributed by atoms with Crippen molar-refractivity contribution in [1.29, 1.82) is 0 Å². The van der Waals surface area contributed by atoms with Crippen molar-refractivity contribution in [1.82, 2.24) is 4.90 Å². The van der Waals surface area contributed by atoms with Crippen LogP contribution in [-0.4, -0.2) is 49.8 Å². The number of ether oxygens (including phenoxy) is 3. The summed E-state index contributed by atoms with van der Waals surface area (Å²) in [6, 6.07) is 22.3. The SMILES string of the molecule is COOC(C)(C)Cc1ccc2c(c1)O[C@@H](c1ccc(OCCN3CCCCC3)cc1)C(c1ccc(OC(=O)C(C)(C)C)cc1)=C2C. The number of hydrogen-bond donors (Lipinski definition) is 0. The van der Waals surface area contributed by atoms with Gasteiger partial charge in [0, 0.05) is 24.1 Å². The first-order chi connectivity index (χ1) is 21.9. The summed E-state index contributed by atoms with van der Waals surface area (Å²) in [6.45, 7) is 15.6. The van der Waals surface area contributed by atoms with Crippen molar-refractivity contribution < 1.29 is 28.8 Å². The summed E-state index contributed by atoms with van der Waals surface area (Å²) >= 11 is 0. The molecule has 0 bridgehead atoms. The van der Waals surface area contributed by atoms with Crippen LogP contribution in [0.4, 0.5) is 0 Å². The average Bonchev–Trinajstić information content (AvgIpc) is 3.01. The molecule has 2 heterocycles. The van der Waals surface area contributed by atoms with Gasteiger partial charge in [-0.1, -0.05) is 42.8 Å². The second-order valence-electron chi connectivity index (χ2n) is 14.0. The van der Waals surface area contributed by atoms with Crippen LogP contribution in [0.3, 0.4) is 0 Å². The molecular formula is C39H49NO6. The van der Waals surface area contributed by atoms with Crippen LogP contribution < -0.4 is 14.2 Å². The number of piperidine rings is 1. The molecular weight excluding hydrogens is 578 g/mol. The van der Waals surface area contributed by atoms with Crippen LogP contribution >= 0.6 is 0 Å². The van der Waals surface area contributed by atoms with E-state index in [0.29, 0.717) is 18.8 Å². The molecule has 1 fully saturated rings. The molecule has 2 aliphatic rings. The van der Waals surface area contributed by atoms with Crippen molar-refractivity contribution in [2.75, 3.05) is 33.4 Å². The Balaban J connectivity index is 1.43. The summed E-state index contributed by atoms with van der Waals surface area (Å²) in [5, 5.41) is 0. The molecule has 0 radical (unpaired) electrons. The van der Waals surface area contributed by atoms with Gasteiger partial charge >= 0.3 is 5.97 Å². The highest BCUT2D eigenvalue weighted by Crippen LogP contribution is 2.47. The third-order valence-electron chi connectivity index (χ3n) is 8.60. The van der Waals surface area contributed by atoms with Crippen molar-refractivity contribution in [3.05, 3.63) is 89.0 Å². The standard InChI is InChI=1S/C39H49NO6/c1-27-33-20-11-28(26-39(5,6)46-42-7)25-34(33)45-36(35(27)29-12-18-32(19-13-29)44-37(41)38(2,3)4)30-14-16-31(17-15-30)43-24-23-40-21-9-8-10-22-40/h11-20,25,36H,8-10,21-24,26H2,1-7H3/t36-/m0/s1. The molecule has 0 unspecified atom stereocenters. The van der Waals surface area contributed by atoms with Crippen LogP contribution in [0.5, 0.6) is 17.2 Å². The minimum Gasteiger partial charge on any atom is -0.492 e. The number of fused-ring (bicyclic) bond motifs is 1. The van der Waals surface area contributed by atoms with E-state index < -0.39 is 11.0 Å². The minimum atomic E-state index is -0.586. The Labute approximate surface area is 274 Å². The summed E-state index contributed by atoms with van der Waals surface area (Å²) in [7, 11) is 1.53. The fourth-order valence-corrected chi connectivity index (χ4v) is 6.14. The maximum Gasteiger partial charge on any atom is 0.316 e. The summed E-state index contributed by atoms with van der Waals surface area (Å²) in [5.41, 5.74) is 5.29. The first-order valence-electron chi connectivity index (χ1n) is 16.4. The second kappa shape index (κ2) is 14.4. The lowest BCUT2D eigenvalue weighted by Crippen LogP contribution is -2.33. The molecule has 2 aliphatic heterocycles. The van der Waals surface area contributed by atoms with E-state index in [1.807, 2.05) is 71.0 Å². The Morgan fingerprint density at radius 3 is 2.22 bits per heavy atom. The number of carbonyl (C=O) groups excluding carboxylic acids is 1. The zero-order chi connectivity index (χ0) is 32.9. The maximum atomic E-state index is 12.5. The molecule has 7 heteroatoms. The Kier molecular flexibility index (Phi) is 10.6. The van der Waals surface area contributed by atoms with E-state index in [9.17, 15) is 4.79 Å². The lowest BCUT2D eigenvalue weighted by molar-refractivity contribution is -0.335. The van der Waals surface area contributed by atoms with Gasteiger partial charge in [0.25, 0.3) is 0 Å². The smallest absolute Gasteiger partial charge is 0.316 e. The minimum absolute atomic E-state index is 0.267. The number of likely N-dealkylation sites (tertiary alicyclic amines) is 1. The first-order valence-corrected chi connectivity index (χ1v) is 16.4. The molecule has 46 heavy (non-hydrogen) atoms. The van der Waals surface area contributed by atoms with E-state index in [0.717, 1.165) is 64.5 Å². The molecule has 0 amide bonds. The van der Waals surface area contributed by atoms with Crippen LogP contribution in [0.25, 0.3) is 11.1 Å². The summed E-state index contributed by atoms with van der Waals surface area (Å²) < 4.78 is 18.6. The predicted octanol–water partition coefficient (Wildman–Crippen LogP) is 8.47. The maximum absolute atomic E-state index is 12.5. The van der Waals surface area contributed by atoms with E-state index in [1.165, 1.54) is 26.4 Å². The molecule has 3 aromatic carbocycles. The molecule has 3 aromatic rings. The normalized spacial score (nSPS) is 17.3. The van der Waals surface area contributed by atoms with Crippen molar-refractivity contribution in [3.8, 4) is 17.2 Å². The number of rotatable bonds is 11. The fourth-order valence-electron chi connectivity index (χ4n) is 6.14. The van der Waals surface area contributed by atoms with E-state index >= 15 is 0 Å². The molecule has 1 saturated heterocycles. The number of nitrogens with zero attached hydrogens (tertiary/aromatic N) is 1. The van der Waals surface area contributed by atoms with Gasteiger partial charge in [0.1, 0.15) is 35.6 Å². The Morgan fingerprint density at radius 1 is 0.891 bits per heavy atom. The van der Waals surface area contributed by atoms with Crippen LogP contribution in [0.1, 0.15) is 89.2 Å². The number of hydrogen-bond acceptors (Lipinski definition) is 7. The van der Waals surface area contributed by atoms with Gasteiger partial charge in [-0.15, -0.1) is 0 Å². The highest BCUT2D eigenvalue weighted by molar-refractivity contribution is 5.95. The molecule has 0 saturated carbocycles. The van der Waals surface area contributed by atoms with Gasteiger partial charge in [0.15, 0.2) is 0 Å². The molecule has 0 aromatic heterocycles. The molecule has 1 atom stereocenters. The van der Waals surface area contributed by atoms with Crippen molar-refractivity contribution in [3.63, 3.8) is 0 Å². The molecule has 5 rings (SSSR count). The van der Waals surface area contributed by atoms with E-state index in [2.05, 4.69) is 42.2 Å².